The standard InChI is InChI=1S/C13H22N2O5S3/c1-3-12-4-5-13(21-12)23(18,19)14-6-9-22(16,17)15-7-8-20-10-11(15)2/h4-5,11,14H,3,6-10H2,1-2H3. The van der Waals surface area contributed by atoms with Crippen LogP contribution >= 0.6 is 11.3 Å². The Labute approximate surface area is 141 Å². The molecule has 132 valence electrons. The zero-order valence-electron chi connectivity index (χ0n) is 13.2. The first-order valence-corrected chi connectivity index (χ1v) is 11.3. The third kappa shape index (κ3) is 4.74. The molecule has 10 heteroatoms. The molecular formula is C13H22N2O5S3. The van der Waals surface area contributed by atoms with Crippen molar-refractivity contribution in [3.05, 3.63) is 17.0 Å². The molecule has 0 amide bonds. The van der Waals surface area contributed by atoms with E-state index in [1.165, 1.54) is 15.6 Å². The normalized spacial score (nSPS) is 20.7. The zero-order valence-corrected chi connectivity index (χ0v) is 15.6. The van der Waals surface area contributed by atoms with Gasteiger partial charge in [-0.1, -0.05) is 6.92 Å². The SMILES string of the molecule is CCc1ccc(S(=O)(=O)NCCS(=O)(=O)N2CCOCC2C)s1. The van der Waals surface area contributed by atoms with E-state index in [0.717, 1.165) is 11.3 Å². The van der Waals surface area contributed by atoms with Crippen LogP contribution in [0.15, 0.2) is 16.3 Å². The summed E-state index contributed by atoms with van der Waals surface area (Å²) in [7, 11) is -7.16. The smallest absolute Gasteiger partial charge is 0.250 e. The van der Waals surface area contributed by atoms with Crippen LogP contribution in [0.2, 0.25) is 0 Å². The van der Waals surface area contributed by atoms with Crippen LogP contribution in [-0.2, 0) is 31.2 Å². The molecular weight excluding hydrogens is 360 g/mol. The third-order valence-corrected chi connectivity index (χ3v) is 8.73. The summed E-state index contributed by atoms with van der Waals surface area (Å²) in [6.07, 6.45) is 0.767. The fourth-order valence-corrected chi connectivity index (χ4v) is 6.37. The van der Waals surface area contributed by atoms with Gasteiger partial charge in [0, 0.05) is 24.0 Å². The van der Waals surface area contributed by atoms with Crippen molar-refractivity contribution in [3.63, 3.8) is 0 Å². The van der Waals surface area contributed by atoms with Gasteiger partial charge in [-0.2, -0.15) is 4.31 Å². The average molecular weight is 383 g/mol. The van der Waals surface area contributed by atoms with Gasteiger partial charge in [0.15, 0.2) is 0 Å². The lowest BCUT2D eigenvalue weighted by molar-refractivity contribution is 0.0393. The predicted octanol–water partition coefficient (Wildman–Crippen LogP) is 0.639. The van der Waals surface area contributed by atoms with Crippen LogP contribution in [0.3, 0.4) is 0 Å². The fourth-order valence-electron chi connectivity index (χ4n) is 2.31. The number of nitrogens with one attached hydrogen (secondary N) is 1. The Kier molecular flexibility index (Phi) is 6.20. The molecule has 1 atom stereocenters. The first kappa shape index (κ1) is 18.8. The number of hydrogen-bond donors (Lipinski definition) is 1. The summed E-state index contributed by atoms with van der Waals surface area (Å²) in [5, 5.41) is 0. The number of hydrogen-bond acceptors (Lipinski definition) is 6. The van der Waals surface area contributed by atoms with Crippen LogP contribution in [0.4, 0.5) is 0 Å². The minimum absolute atomic E-state index is 0.145. The first-order valence-electron chi connectivity index (χ1n) is 7.42. The van der Waals surface area contributed by atoms with Crippen LogP contribution in [0.5, 0.6) is 0 Å². The van der Waals surface area contributed by atoms with Crippen LogP contribution in [0.1, 0.15) is 18.7 Å². The summed E-state index contributed by atoms with van der Waals surface area (Å²) in [6, 6.07) is 3.09. The molecule has 0 aromatic carbocycles. The lowest BCUT2D eigenvalue weighted by Gasteiger charge is -2.32. The molecule has 2 rings (SSSR count). The highest BCUT2D eigenvalue weighted by atomic mass is 32.2. The van der Waals surface area contributed by atoms with Crippen LogP contribution in [0, 0.1) is 0 Å². The Morgan fingerprint density at radius 2 is 2.09 bits per heavy atom. The van der Waals surface area contributed by atoms with E-state index >= 15 is 0 Å². The van der Waals surface area contributed by atoms with Crippen LogP contribution in [0.25, 0.3) is 0 Å². The minimum atomic E-state index is -3.66. The molecule has 1 N–H and O–H groups in total. The van der Waals surface area contributed by atoms with E-state index in [-0.39, 0.29) is 22.5 Å². The Bertz CT molecular complexity index is 727. The lowest BCUT2D eigenvalue weighted by atomic mass is 10.3. The van der Waals surface area contributed by atoms with Gasteiger partial charge in [-0.3, -0.25) is 0 Å². The Morgan fingerprint density at radius 3 is 2.70 bits per heavy atom. The molecule has 2 heterocycles. The highest BCUT2D eigenvalue weighted by Crippen LogP contribution is 2.21. The van der Waals surface area contributed by atoms with Gasteiger partial charge in [0.2, 0.25) is 20.0 Å². The monoisotopic (exact) mass is 382 g/mol. The largest absolute Gasteiger partial charge is 0.378 e. The quantitative estimate of drug-likeness (QED) is 0.747. The van der Waals surface area contributed by atoms with E-state index < -0.39 is 20.0 Å². The van der Waals surface area contributed by atoms with E-state index in [1.807, 2.05) is 6.92 Å². The number of thiophene rings is 1. The van der Waals surface area contributed by atoms with E-state index in [4.69, 9.17) is 4.74 Å². The van der Waals surface area contributed by atoms with Crippen molar-refractivity contribution >= 4 is 31.4 Å². The molecule has 1 aliphatic heterocycles. The van der Waals surface area contributed by atoms with E-state index in [0.29, 0.717) is 19.8 Å². The van der Waals surface area contributed by atoms with Gasteiger partial charge < -0.3 is 4.74 Å². The van der Waals surface area contributed by atoms with Crippen molar-refractivity contribution in [2.75, 3.05) is 32.1 Å². The molecule has 1 saturated heterocycles. The molecule has 1 unspecified atom stereocenters. The second-order valence-electron chi connectivity index (χ2n) is 5.32. The molecule has 0 bridgehead atoms. The van der Waals surface area contributed by atoms with Crippen LogP contribution < -0.4 is 4.72 Å². The highest BCUT2D eigenvalue weighted by molar-refractivity contribution is 7.91. The fraction of sp³-hybridized carbons (Fsp3) is 0.692. The summed E-state index contributed by atoms with van der Waals surface area (Å²) in [5.41, 5.74) is 0. The summed E-state index contributed by atoms with van der Waals surface area (Å²) >= 11 is 1.20. The molecule has 1 aromatic heterocycles. The van der Waals surface area contributed by atoms with Crippen molar-refractivity contribution < 1.29 is 21.6 Å². The predicted molar refractivity (Wildman–Crippen MR) is 89.7 cm³/mol. The molecule has 0 saturated carbocycles. The number of morpholine rings is 1. The maximum Gasteiger partial charge on any atom is 0.250 e. The lowest BCUT2D eigenvalue weighted by Crippen LogP contribution is -2.49. The van der Waals surface area contributed by atoms with Gasteiger partial charge in [0.1, 0.15) is 4.21 Å². The van der Waals surface area contributed by atoms with Crippen LogP contribution in [-0.4, -0.2) is 59.2 Å². The van der Waals surface area contributed by atoms with Gasteiger partial charge in [-0.15, -0.1) is 11.3 Å². The van der Waals surface area contributed by atoms with Crippen molar-refractivity contribution in [2.45, 2.75) is 30.5 Å². The topological polar surface area (TPSA) is 92.8 Å². The number of rotatable bonds is 7. The van der Waals surface area contributed by atoms with Crippen molar-refractivity contribution in [2.24, 2.45) is 0 Å². The van der Waals surface area contributed by atoms with E-state index in [9.17, 15) is 16.8 Å². The summed E-state index contributed by atoms with van der Waals surface area (Å²) in [6.45, 7) is 4.61. The minimum Gasteiger partial charge on any atom is -0.378 e. The molecule has 1 aromatic rings. The van der Waals surface area contributed by atoms with Crippen molar-refractivity contribution in [1.29, 1.82) is 0 Å². The van der Waals surface area contributed by atoms with Crippen molar-refractivity contribution in [3.8, 4) is 0 Å². The Hall–Kier alpha value is -0.520. The van der Waals surface area contributed by atoms with Gasteiger partial charge in [-0.05, 0) is 25.5 Å². The number of sulfonamides is 2. The molecule has 0 spiro atoms. The van der Waals surface area contributed by atoms with Gasteiger partial charge in [0.25, 0.3) is 0 Å². The zero-order chi connectivity index (χ0) is 17.1. The third-order valence-electron chi connectivity index (χ3n) is 3.57. The van der Waals surface area contributed by atoms with E-state index in [2.05, 4.69) is 4.72 Å². The second-order valence-corrected chi connectivity index (χ2v) is 10.5. The number of aryl methyl sites for hydroxylation is 1. The maximum atomic E-state index is 12.3. The van der Waals surface area contributed by atoms with Gasteiger partial charge in [0.05, 0.1) is 19.0 Å². The molecule has 0 radical (unpaired) electrons. The van der Waals surface area contributed by atoms with Crippen molar-refractivity contribution in [1.82, 2.24) is 9.03 Å². The molecule has 23 heavy (non-hydrogen) atoms. The summed E-state index contributed by atoms with van der Waals surface area (Å²) in [4.78, 5) is 0.972. The Morgan fingerprint density at radius 1 is 1.35 bits per heavy atom. The summed E-state index contributed by atoms with van der Waals surface area (Å²) < 4.78 is 58.1. The number of nitrogens with zero attached hydrogens (tertiary/aromatic N) is 1. The number of ether oxygens (including phenoxy) is 1. The highest BCUT2D eigenvalue weighted by Gasteiger charge is 2.30. The average Bonchev–Trinajstić information content (AvgIpc) is 2.97. The molecule has 0 aliphatic carbocycles. The van der Waals surface area contributed by atoms with Gasteiger partial charge >= 0.3 is 0 Å². The molecule has 7 nitrogen and oxygen atoms in total. The summed E-state index contributed by atoms with van der Waals surface area (Å²) in [5.74, 6) is -0.261. The molecule has 1 fully saturated rings. The van der Waals surface area contributed by atoms with E-state index in [1.54, 1.807) is 19.1 Å². The molecule has 1 aliphatic rings. The second kappa shape index (κ2) is 7.58. The maximum absolute atomic E-state index is 12.3. The first-order chi connectivity index (χ1) is 10.8. The Balaban J connectivity index is 1.95. The van der Waals surface area contributed by atoms with Gasteiger partial charge in [-0.25, -0.2) is 21.6 Å².